The third-order valence-corrected chi connectivity index (χ3v) is 4.98. The molecule has 1 aromatic carbocycles. The first-order valence-corrected chi connectivity index (χ1v) is 9.29. The average Bonchev–Trinajstić information content (AvgIpc) is 3.32. The van der Waals surface area contributed by atoms with Crippen LogP contribution in [0.5, 0.6) is 5.75 Å². The maximum absolute atomic E-state index is 11.9. The summed E-state index contributed by atoms with van der Waals surface area (Å²) in [7, 11) is 0. The summed E-state index contributed by atoms with van der Waals surface area (Å²) < 4.78 is 5.68. The van der Waals surface area contributed by atoms with Crippen LogP contribution in [0.15, 0.2) is 24.3 Å². The van der Waals surface area contributed by atoms with Gasteiger partial charge in [-0.25, -0.2) is 0 Å². The molecule has 0 atom stereocenters. The number of aromatic nitrogens is 2. The van der Waals surface area contributed by atoms with Crippen LogP contribution in [0.3, 0.4) is 0 Å². The van der Waals surface area contributed by atoms with Gasteiger partial charge in [0.25, 0.3) is 0 Å². The van der Waals surface area contributed by atoms with E-state index in [2.05, 4.69) is 41.5 Å². The fourth-order valence-corrected chi connectivity index (χ4v) is 3.26. The molecule has 1 heterocycles. The summed E-state index contributed by atoms with van der Waals surface area (Å²) >= 11 is 1.49. The highest BCUT2D eigenvalue weighted by molar-refractivity contribution is 7.15. The molecule has 5 nitrogen and oxygen atoms in total. The summed E-state index contributed by atoms with van der Waals surface area (Å²) in [6, 6.07) is 8.13. The molecule has 0 bridgehead atoms. The van der Waals surface area contributed by atoms with Gasteiger partial charge in [0.2, 0.25) is 11.0 Å². The maximum Gasteiger partial charge on any atom is 0.226 e. The summed E-state index contributed by atoms with van der Waals surface area (Å²) in [6.07, 6.45) is 3.48. The van der Waals surface area contributed by atoms with E-state index in [-0.39, 0.29) is 5.91 Å². The van der Waals surface area contributed by atoms with Gasteiger partial charge in [-0.05, 0) is 42.9 Å². The second kappa shape index (κ2) is 7.75. The van der Waals surface area contributed by atoms with Gasteiger partial charge >= 0.3 is 0 Å². The molecule has 0 unspecified atom stereocenters. The summed E-state index contributed by atoms with van der Waals surface area (Å²) in [5, 5.41) is 12.6. The third-order valence-electron chi connectivity index (χ3n) is 3.98. The predicted octanol–water partition coefficient (Wildman–Crippen LogP) is 4.34. The fourth-order valence-electron chi connectivity index (χ4n) is 2.33. The van der Waals surface area contributed by atoms with Crippen LogP contribution in [0.4, 0.5) is 5.13 Å². The van der Waals surface area contributed by atoms with E-state index in [4.69, 9.17) is 4.74 Å². The molecule has 1 aromatic heterocycles. The minimum absolute atomic E-state index is 0.0350. The molecule has 6 heteroatoms. The van der Waals surface area contributed by atoms with E-state index in [9.17, 15) is 4.79 Å². The lowest BCUT2D eigenvalue weighted by Gasteiger charge is -2.08. The number of rotatable bonds is 8. The Morgan fingerprint density at radius 3 is 2.71 bits per heavy atom. The van der Waals surface area contributed by atoms with Crippen molar-refractivity contribution in [1.82, 2.24) is 10.2 Å². The number of anilines is 1. The van der Waals surface area contributed by atoms with Crippen LogP contribution in [-0.4, -0.2) is 22.7 Å². The second-order valence-electron chi connectivity index (χ2n) is 6.44. The monoisotopic (exact) mass is 345 g/mol. The van der Waals surface area contributed by atoms with Gasteiger partial charge in [0.15, 0.2) is 0 Å². The molecule has 2 aromatic rings. The first-order valence-electron chi connectivity index (χ1n) is 8.48. The average molecular weight is 345 g/mol. The molecule has 24 heavy (non-hydrogen) atoms. The van der Waals surface area contributed by atoms with Crippen molar-refractivity contribution in [2.24, 2.45) is 0 Å². The standard InChI is InChI=1S/C18H23N3O2S/c1-12(2)13-7-9-15(10-8-13)23-11-3-4-16(22)19-18-21-20-17(24-18)14-5-6-14/h7-10,12,14H,3-6,11H2,1-2H3,(H,19,21,22). The lowest BCUT2D eigenvalue weighted by Crippen LogP contribution is -2.12. The van der Waals surface area contributed by atoms with Gasteiger partial charge in [0.05, 0.1) is 6.61 Å². The molecule has 0 saturated heterocycles. The maximum atomic E-state index is 11.9. The van der Waals surface area contributed by atoms with Gasteiger partial charge in [-0.15, -0.1) is 10.2 Å². The summed E-state index contributed by atoms with van der Waals surface area (Å²) in [4.78, 5) is 11.9. The van der Waals surface area contributed by atoms with E-state index < -0.39 is 0 Å². The van der Waals surface area contributed by atoms with Gasteiger partial charge in [-0.2, -0.15) is 0 Å². The first kappa shape index (κ1) is 16.9. The summed E-state index contributed by atoms with van der Waals surface area (Å²) in [5.41, 5.74) is 1.30. The largest absolute Gasteiger partial charge is 0.494 e. The highest BCUT2D eigenvalue weighted by Crippen LogP contribution is 2.42. The molecule has 1 saturated carbocycles. The zero-order valence-electron chi connectivity index (χ0n) is 14.1. The Bertz CT molecular complexity index is 678. The predicted molar refractivity (Wildman–Crippen MR) is 95.8 cm³/mol. The highest BCUT2D eigenvalue weighted by atomic mass is 32.1. The minimum Gasteiger partial charge on any atom is -0.494 e. The van der Waals surface area contributed by atoms with Crippen LogP contribution in [0.25, 0.3) is 0 Å². The molecule has 3 rings (SSSR count). The van der Waals surface area contributed by atoms with E-state index in [1.165, 1.54) is 29.7 Å². The van der Waals surface area contributed by atoms with Crippen LogP contribution in [0.2, 0.25) is 0 Å². The smallest absolute Gasteiger partial charge is 0.226 e. The number of nitrogens with zero attached hydrogens (tertiary/aromatic N) is 2. The molecule has 0 spiro atoms. The van der Waals surface area contributed by atoms with Crippen molar-refractivity contribution >= 4 is 22.4 Å². The van der Waals surface area contributed by atoms with Gasteiger partial charge in [-0.1, -0.05) is 37.3 Å². The van der Waals surface area contributed by atoms with Gasteiger partial charge in [-0.3, -0.25) is 4.79 Å². The highest BCUT2D eigenvalue weighted by Gasteiger charge is 2.27. The second-order valence-corrected chi connectivity index (χ2v) is 7.45. The Morgan fingerprint density at radius 2 is 2.04 bits per heavy atom. The SMILES string of the molecule is CC(C)c1ccc(OCCCC(=O)Nc2nnc(C3CC3)s2)cc1. The van der Waals surface area contributed by atoms with Crippen LogP contribution in [0, 0.1) is 0 Å². The molecule has 1 aliphatic carbocycles. The first-order chi connectivity index (χ1) is 11.6. The lowest BCUT2D eigenvalue weighted by molar-refractivity contribution is -0.116. The van der Waals surface area contributed by atoms with E-state index in [0.29, 0.717) is 36.4 Å². The number of hydrogen-bond acceptors (Lipinski definition) is 5. The molecular weight excluding hydrogens is 322 g/mol. The zero-order chi connectivity index (χ0) is 16.9. The number of carbonyl (C=O) groups is 1. The molecule has 1 N–H and O–H groups in total. The van der Waals surface area contributed by atoms with Crippen molar-refractivity contribution < 1.29 is 9.53 Å². The van der Waals surface area contributed by atoms with Gasteiger partial charge < -0.3 is 10.1 Å². The van der Waals surface area contributed by atoms with Crippen LogP contribution >= 0.6 is 11.3 Å². The minimum atomic E-state index is -0.0350. The van der Waals surface area contributed by atoms with E-state index in [0.717, 1.165) is 10.8 Å². The molecule has 1 amide bonds. The summed E-state index contributed by atoms with van der Waals surface area (Å²) in [6.45, 7) is 4.86. The van der Waals surface area contributed by atoms with Crippen molar-refractivity contribution in [2.45, 2.75) is 51.4 Å². The molecule has 128 valence electrons. The molecule has 1 aliphatic rings. The number of hydrogen-bond donors (Lipinski definition) is 1. The third kappa shape index (κ3) is 4.77. The molecule has 0 aliphatic heterocycles. The van der Waals surface area contributed by atoms with Gasteiger partial charge in [0.1, 0.15) is 10.8 Å². The Kier molecular flexibility index (Phi) is 5.45. The van der Waals surface area contributed by atoms with Crippen molar-refractivity contribution in [3.05, 3.63) is 34.8 Å². The number of ether oxygens (including phenoxy) is 1. The number of nitrogens with one attached hydrogen (secondary N) is 1. The zero-order valence-corrected chi connectivity index (χ0v) is 14.9. The Balaban J connectivity index is 1.35. The van der Waals surface area contributed by atoms with E-state index in [1.54, 1.807) is 0 Å². The Hall–Kier alpha value is -1.95. The van der Waals surface area contributed by atoms with Gasteiger partial charge in [0, 0.05) is 12.3 Å². The Morgan fingerprint density at radius 1 is 1.29 bits per heavy atom. The van der Waals surface area contributed by atoms with Crippen molar-refractivity contribution in [1.29, 1.82) is 0 Å². The topological polar surface area (TPSA) is 64.1 Å². The molecule has 0 radical (unpaired) electrons. The van der Waals surface area contributed by atoms with Crippen molar-refractivity contribution in [3.8, 4) is 5.75 Å². The van der Waals surface area contributed by atoms with Crippen molar-refractivity contribution in [2.75, 3.05) is 11.9 Å². The normalized spacial score (nSPS) is 14.0. The molecule has 1 fully saturated rings. The van der Waals surface area contributed by atoms with Crippen LogP contribution in [0.1, 0.15) is 61.9 Å². The number of amides is 1. The lowest BCUT2D eigenvalue weighted by atomic mass is 10.0. The van der Waals surface area contributed by atoms with E-state index in [1.807, 2.05) is 12.1 Å². The van der Waals surface area contributed by atoms with Crippen LogP contribution in [-0.2, 0) is 4.79 Å². The quantitative estimate of drug-likeness (QED) is 0.723. The summed E-state index contributed by atoms with van der Waals surface area (Å²) in [5.74, 6) is 1.90. The van der Waals surface area contributed by atoms with Crippen molar-refractivity contribution in [3.63, 3.8) is 0 Å². The fraction of sp³-hybridized carbons (Fsp3) is 0.500. The number of carbonyl (C=O) groups excluding carboxylic acids is 1. The molecular formula is C18H23N3O2S. The number of benzene rings is 1. The van der Waals surface area contributed by atoms with E-state index >= 15 is 0 Å². The Labute approximate surface area is 146 Å². The van der Waals surface area contributed by atoms with Crippen LogP contribution < -0.4 is 10.1 Å².